The Bertz CT molecular complexity index is 1180. The molecule has 0 bridgehead atoms. The zero-order valence-electron chi connectivity index (χ0n) is 18.4. The van der Waals surface area contributed by atoms with Crippen LogP contribution in [0.3, 0.4) is 0 Å². The monoisotopic (exact) mass is 443 g/mol. The third-order valence-corrected chi connectivity index (χ3v) is 7.24. The van der Waals surface area contributed by atoms with Gasteiger partial charge in [-0.15, -0.1) is 0 Å². The van der Waals surface area contributed by atoms with Crippen LogP contribution < -0.4 is 5.32 Å². The second-order valence-electron chi connectivity index (χ2n) is 7.22. The van der Waals surface area contributed by atoms with E-state index in [9.17, 15) is 13.2 Å². The number of benzene rings is 1. The molecule has 0 atom stereocenters. The number of imidazole rings is 1. The summed E-state index contributed by atoms with van der Waals surface area (Å²) in [6.07, 6.45) is 0.696. The van der Waals surface area contributed by atoms with Crippen LogP contribution in [0.25, 0.3) is 11.0 Å². The van der Waals surface area contributed by atoms with E-state index in [0.717, 1.165) is 17.0 Å². The quantitative estimate of drug-likeness (QED) is 0.547. The van der Waals surface area contributed by atoms with Crippen molar-refractivity contribution < 1.29 is 13.2 Å². The van der Waals surface area contributed by atoms with Gasteiger partial charge in [-0.2, -0.15) is 4.31 Å². The molecule has 0 unspecified atom stereocenters. The van der Waals surface area contributed by atoms with Crippen molar-refractivity contribution in [3.63, 3.8) is 0 Å². The first-order valence-electron chi connectivity index (χ1n) is 10.5. The lowest BCUT2D eigenvalue weighted by Crippen LogP contribution is -2.30. The third-order valence-electron chi connectivity index (χ3n) is 5.19. The van der Waals surface area contributed by atoms with E-state index in [1.807, 2.05) is 44.4 Å². The summed E-state index contributed by atoms with van der Waals surface area (Å²) in [5, 5.41) is 2.81. The number of hydrogen-bond donors (Lipinski definition) is 1. The van der Waals surface area contributed by atoms with Gasteiger partial charge in [0.2, 0.25) is 15.9 Å². The van der Waals surface area contributed by atoms with Crippen LogP contribution in [0.1, 0.15) is 38.7 Å². The van der Waals surface area contributed by atoms with E-state index >= 15 is 0 Å². The van der Waals surface area contributed by atoms with Crippen LogP contribution in [0.15, 0.2) is 41.3 Å². The smallest absolute Gasteiger partial charge is 0.243 e. The number of hydrogen-bond acceptors (Lipinski definition) is 5. The summed E-state index contributed by atoms with van der Waals surface area (Å²) in [4.78, 5) is 21.5. The Hall–Kier alpha value is -2.78. The number of carbonyl (C=O) groups excluding carboxylic acids is 1. The maximum Gasteiger partial charge on any atom is 0.243 e. The zero-order chi connectivity index (χ0) is 22.6. The number of sulfonamides is 1. The van der Waals surface area contributed by atoms with Crippen LogP contribution in [-0.2, 0) is 27.8 Å². The molecule has 0 aliphatic rings. The average molecular weight is 444 g/mol. The van der Waals surface area contributed by atoms with Gasteiger partial charge in [0.1, 0.15) is 11.6 Å². The Kier molecular flexibility index (Phi) is 7.07. The molecule has 0 spiro atoms. The second kappa shape index (κ2) is 9.57. The lowest BCUT2D eigenvalue weighted by molar-refractivity contribution is -0.116. The van der Waals surface area contributed by atoms with E-state index in [0.29, 0.717) is 37.4 Å². The fraction of sp³-hybridized carbons (Fsp3) is 0.409. The zero-order valence-corrected chi connectivity index (χ0v) is 19.2. The minimum absolute atomic E-state index is 0.141. The SMILES string of the molecule is CCN(CC)S(=O)(=O)c1ccc2c(c1)nc(CCC(=O)Nc1cccc(C)n1)n2CC. The molecule has 1 N–H and O–H groups in total. The summed E-state index contributed by atoms with van der Waals surface area (Å²) in [7, 11) is -3.55. The molecule has 2 heterocycles. The van der Waals surface area contributed by atoms with Gasteiger partial charge in [0.15, 0.2) is 0 Å². The molecule has 0 saturated heterocycles. The van der Waals surface area contributed by atoms with Gasteiger partial charge in [-0.3, -0.25) is 4.79 Å². The van der Waals surface area contributed by atoms with Crippen molar-refractivity contribution in [3.05, 3.63) is 47.9 Å². The summed E-state index contributed by atoms with van der Waals surface area (Å²) in [6, 6.07) is 10.5. The summed E-state index contributed by atoms with van der Waals surface area (Å²) in [5.74, 6) is 1.14. The average Bonchev–Trinajstić information content (AvgIpc) is 3.09. The summed E-state index contributed by atoms with van der Waals surface area (Å²) >= 11 is 0. The maximum absolute atomic E-state index is 12.8. The summed E-state index contributed by atoms with van der Waals surface area (Å²) < 4.78 is 29.1. The van der Waals surface area contributed by atoms with Crippen LogP contribution in [0.4, 0.5) is 5.82 Å². The predicted molar refractivity (Wildman–Crippen MR) is 121 cm³/mol. The van der Waals surface area contributed by atoms with Crippen LogP contribution in [0.2, 0.25) is 0 Å². The van der Waals surface area contributed by atoms with Crippen molar-refractivity contribution >= 4 is 32.8 Å². The van der Waals surface area contributed by atoms with Crippen LogP contribution >= 0.6 is 0 Å². The van der Waals surface area contributed by atoms with Gasteiger partial charge < -0.3 is 9.88 Å². The number of nitrogens with zero attached hydrogens (tertiary/aromatic N) is 4. The number of anilines is 1. The molecule has 1 aromatic carbocycles. The van der Waals surface area contributed by atoms with Gasteiger partial charge in [0, 0.05) is 38.2 Å². The number of nitrogens with one attached hydrogen (secondary N) is 1. The molecule has 2 aromatic heterocycles. The van der Waals surface area contributed by atoms with E-state index in [4.69, 9.17) is 0 Å². The van der Waals surface area contributed by atoms with Gasteiger partial charge in [0.25, 0.3) is 0 Å². The first-order valence-corrected chi connectivity index (χ1v) is 12.0. The van der Waals surface area contributed by atoms with Crippen molar-refractivity contribution in [1.82, 2.24) is 18.8 Å². The molecule has 0 radical (unpaired) electrons. The third kappa shape index (κ3) is 4.94. The maximum atomic E-state index is 12.8. The number of aryl methyl sites for hydroxylation is 3. The minimum atomic E-state index is -3.55. The topological polar surface area (TPSA) is 97.2 Å². The van der Waals surface area contributed by atoms with Crippen LogP contribution in [0.5, 0.6) is 0 Å². The van der Waals surface area contributed by atoms with E-state index in [1.54, 1.807) is 24.3 Å². The van der Waals surface area contributed by atoms with Gasteiger partial charge >= 0.3 is 0 Å². The Labute approximate surface area is 183 Å². The highest BCUT2D eigenvalue weighted by molar-refractivity contribution is 7.89. The number of aromatic nitrogens is 3. The Balaban J connectivity index is 1.82. The number of rotatable bonds is 9. The highest BCUT2D eigenvalue weighted by Crippen LogP contribution is 2.23. The number of amides is 1. The second-order valence-corrected chi connectivity index (χ2v) is 9.16. The predicted octanol–water partition coefficient (Wildman–Crippen LogP) is 3.36. The van der Waals surface area contributed by atoms with Crippen molar-refractivity contribution in [2.75, 3.05) is 18.4 Å². The Morgan fingerprint density at radius 2 is 1.84 bits per heavy atom. The molecular formula is C22H29N5O3S. The minimum Gasteiger partial charge on any atom is -0.328 e. The molecule has 8 nitrogen and oxygen atoms in total. The first kappa shape index (κ1) is 22.9. The first-order chi connectivity index (χ1) is 14.8. The fourth-order valence-electron chi connectivity index (χ4n) is 3.62. The van der Waals surface area contributed by atoms with Crippen molar-refractivity contribution in [2.24, 2.45) is 0 Å². The Morgan fingerprint density at radius 1 is 1.10 bits per heavy atom. The molecule has 31 heavy (non-hydrogen) atoms. The summed E-state index contributed by atoms with van der Waals surface area (Å²) in [5.41, 5.74) is 2.31. The lowest BCUT2D eigenvalue weighted by atomic mass is 10.2. The number of pyridine rings is 1. The van der Waals surface area contributed by atoms with E-state index in [2.05, 4.69) is 15.3 Å². The van der Waals surface area contributed by atoms with Crippen molar-refractivity contribution in [3.8, 4) is 0 Å². The van der Waals surface area contributed by atoms with E-state index in [-0.39, 0.29) is 17.2 Å². The molecular weight excluding hydrogens is 414 g/mol. The molecule has 0 aliphatic heterocycles. The van der Waals surface area contributed by atoms with Gasteiger partial charge in [-0.25, -0.2) is 18.4 Å². The number of fused-ring (bicyclic) bond motifs is 1. The van der Waals surface area contributed by atoms with Gasteiger partial charge in [-0.1, -0.05) is 19.9 Å². The van der Waals surface area contributed by atoms with Gasteiger partial charge in [-0.05, 0) is 44.2 Å². The van der Waals surface area contributed by atoms with Crippen molar-refractivity contribution in [1.29, 1.82) is 0 Å². The Morgan fingerprint density at radius 3 is 2.48 bits per heavy atom. The van der Waals surface area contributed by atoms with Crippen molar-refractivity contribution in [2.45, 2.75) is 52.0 Å². The molecule has 166 valence electrons. The molecule has 0 saturated carbocycles. The molecule has 3 aromatic rings. The molecule has 1 amide bonds. The lowest BCUT2D eigenvalue weighted by Gasteiger charge is -2.18. The van der Waals surface area contributed by atoms with E-state index < -0.39 is 10.0 Å². The molecule has 3 rings (SSSR count). The van der Waals surface area contributed by atoms with Crippen LogP contribution in [-0.4, -0.2) is 46.3 Å². The highest BCUT2D eigenvalue weighted by Gasteiger charge is 2.23. The number of carbonyl (C=O) groups is 1. The molecule has 0 aliphatic carbocycles. The largest absolute Gasteiger partial charge is 0.328 e. The fourth-order valence-corrected chi connectivity index (χ4v) is 5.10. The normalized spacial score (nSPS) is 11.9. The standard InChI is InChI=1S/C22H29N5O3S/c1-5-26(6-2)31(29,30)17-11-12-19-18(15-17)24-21(27(19)7-3)13-14-22(28)25-20-10-8-9-16(4)23-20/h8-12,15H,5-7,13-14H2,1-4H3,(H,23,25,28). The highest BCUT2D eigenvalue weighted by atomic mass is 32.2. The van der Waals surface area contributed by atoms with Gasteiger partial charge in [0.05, 0.1) is 15.9 Å². The van der Waals surface area contributed by atoms with E-state index in [1.165, 1.54) is 4.31 Å². The summed E-state index contributed by atoms with van der Waals surface area (Å²) in [6.45, 7) is 9.01. The molecule has 9 heteroatoms. The van der Waals surface area contributed by atoms with Crippen LogP contribution in [0, 0.1) is 6.92 Å². The molecule has 0 fully saturated rings.